The number of methoxy groups -OCH3 is 2. The van der Waals surface area contributed by atoms with Crippen molar-refractivity contribution in [1.82, 2.24) is 0 Å². The van der Waals surface area contributed by atoms with E-state index in [0.29, 0.717) is 16.9 Å². The smallest absolute Gasteiger partial charge is 0.331 e. The van der Waals surface area contributed by atoms with Gasteiger partial charge >= 0.3 is 5.97 Å². The third-order valence-electron chi connectivity index (χ3n) is 12.4. The Morgan fingerprint density at radius 3 is 2.50 bits per heavy atom. The highest BCUT2D eigenvalue weighted by Gasteiger charge is 2.59. The molecular weight excluding hydrogens is 520 g/mol. The molecule has 3 fully saturated rings. The van der Waals surface area contributed by atoms with Crippen LogP contribution in [0.4, 0.5) is 0 Å². The Morgan fingerprint density at radius 1 is 0.976 bits per heavy atom. The molecule has 4 heteroatoms. The summed E-state index contributed by atoms with van der Waals surface area (Å²) >= 11 is 0. The van der Waals surface area contributed by atoms with E-state index in [4.69, 9.17) is 14.2 Å². The van der Waals surface area contributed by atoms with Gasteiger partial charge in [0.15, 0.2) is 11.5 Å². The maximum absolute atomic E-state index is 12.8. The largest absolute Gasteiger partial charge is 0.493 e. The number of allylic oxidation sites excluding steroid dienone is 1. The molecule has 4 nitrogen and oxygen atoms in total. The maximum atomic E-state index is 12.8. The predicted molar refractivity (Wildman–Crippen MR) is 172 cm³/mol. The van der Waals surface area contributed by atoms with Gasteiger partial charge in [-0.1, -0.05) is 71.6 Å². The SMILES string of the molecule is COc1ccc(C=CC(=O)O[C@H]2CC[C@@]3(C)C(=CC[C@@H]4[C@H]5CC[C@@H]([C@H](C)CCCC(C)C)[C@@]5(C)CC[C@H]43)C2)cc1OC. The molecule has 0 N–H and O–H groups in total. The summed E-state index contributed by atoms with van der Waals surface area (Å²) in [5, 5.41) is 0. The van der Waals surface area contributed by atoms with Crippen molar-refractivity contribution < 1.29 is 19.0 Å². The zero-order valence-electron chi connectivity index (χ0n) is 27.4. The van der Waals surface area contributed by atoms with Gasteiger partial charge in [-0.25, -0.2) is 4.79 Å². The minimum atomic E-state index is -0.263. The van der Waals surface area contributed by atoms with E-state index in [9.17, 15) is 4.79 Å². The van der Waals surface area contributed by atoms with E-state index in [1.807, 2.05) is 18.2 Å². The van der Waals surface area contributed by atoms with Crippen molar-refractivity contribution in [3.8, 4) is 11.5 Å². The molecule has 3 saturated carbocycles. The van der Waals surface area contributed by atoms with Gasteiger partial charge in [-0.2, -0.15) is 0 Å². The van der Waals surface area contributed by atoms with Crippen LogP contribution in [0.5, 0.6) is 11.5 Å². The molecule has 8 atom stereocenters. The van der Waals surface area contributed by atoms with Crippen LogP contribution in [0.2, 0.25) is 0 Å². The average Bonchev–Trinajstić information content (AvgIpc) is 3.33. The van der Waals surface area contributed by atoms with E-state index in [2.05, 4.69) is 40.7 Å². The first kappa shape index (κ1) is 31.2. The molecule has 232 valence electrons. The quantitative estimate of drug-likeness (QED) is 0.158. The fourth-order valence-electron chi connectivity index (χ4n) is 10.1. The molecular formula is C38H56O4. The van der Waals surface area contributed by atoms with Crippen LogP contribution < -0.4 is 9.47 Å². The van der Waals surface area contributed by atoms with Crippen LogP contribution in [0.25, 0.3) is 6.08 Å². The van der Waals surface area contributed by atoms with Gasteiger partial charge < -0.3 is 14.2 Å². The minimum Gasteiger partial charge on any atom is -0.493 e. The zero-order valence-corrected chi connectivity index (χ0v) is 27.4. The van der Waals surface area contributed by atoms with Crippen molar-refractivity contribution in [1.29, 1.82) is 0 Å². The number of rotatable bonds is 10. The molecule has 0 unspecified atom stereocenters. The summed E-state index contributed by atoms with van der Waals surface area (Å²) in [5.74, 6) is 6.12. The van der Waals surface area contributed by atoms with Crippen LogP contribution in [0.15, 0.2) is 35.9 Å². The van der Waals surface area contributed by atoms with E-state index in [1.54, 1.807) is 31.9 Å². The van der Waals surface area contributed by atoms with E-state index in [-0.39, 0.29) is 17.5 Å². The average molecular weight is 577 g/mol. The summed E-state index contributed by atoms with van der Waals surface area (Å²) in [5.41, 5.74) is 3.23. The second kappa shape index (κ2) is 12.8. The zero-order chi connectivity index (χ0) is 30.1. The third-order valence-corrected chi connectivity index (χ3v) is 12.4. The van der Waals surface area contributed by atoms with Crippen molar-refractivity contribution in [3.05, 3.63) is 41.5 Å². The number of carbonyl (C=O) groups excluding carboxylic acids is 1. The Balaban J connectivity index is 1.20. The van der Waals surface area contributed by atoms with Crippen LogP contribution in [0.3, 0.4) is 0 Å². The molecule has 0 aliphatic heterocycles. The van der Waals surface area contributed by atoms with Crippen molar-refractivity contribution in [2.45, 2.75) is 111 Å². The van der Waals surface area contributed by atoms with E-state index in [1.165, 1.54) is 51.4 Å². The van der Waals surface area contributed by atoms with Crippen molar-refractivity contribution in [2.75, 3.05) is 14.2 Å². The minimum absolute atomic E-state index is 0.0279. The topological polar surface area (TPSA) is 44.8 Å². The van der Waals surface area contributed by atoms with Crippen LogP contribution in [0, 0.1) is 46.3 Å². The molecule has 1 aromatic rings. The molecule has 0 amide bonds. The van der Waals surface area contributed by atoms with Gasteiger partial charge in [0.1, 0.15) is 6.10 Å². The fourth-order valence-corrected chi connectivity index (χ4v) is 10.1. The lowest BCUT2D eigenvalue weighted by Gasteiger charge is -2.58. The molecule has 42 heavy (non-hydrogen) atoms. The van der Waals surface area contributed by atoms with Crippen molar-refractivity contribution >= 4 is 12.0 Å². The first-order valence-corrected chi connectivity index (χ1v) is 16.9. The Kier molecular flexibility index (Phi) is 9.50. The van der Waals surface area contributed by atoms with Gasteiger partial charge in [-0.15, -0.1) is 0 Å². The number of esters is 1. The molecule has 0 aromatic heterocycles. The fraction of sp³-hybridized carbons (Fsp3) is 0.711. The van der Waals surface area contributed by atoms with Gasteiger partial charge in [0.05, 0.1) is 14.2 Å². The predicted octanol–water partition coefficient (Wildman–Crippen LogP) is 9.67. The van der Waals surface area contributed by atoms with Crippen molar-refractivity contribution in [2.24, 2.45) is 46.3 Å². The lowest BCUT2D eigenvalue weighted by Crippen LogP contribution is -2.51. The second-order valence-electron chi connectivity index (χ2n) is 15.0. The molecule has 4 aliphatic rings. The number of carbonyl (C=O) groups is 1. The lowest BCUT2D eigenvalue weighted by atomic mass is 9.47. The third kappa shape index (κ3) is 6.06. The Hall–Kier alpha value is -2.23. The Labute approximate surface area is 255 Å². The number of hydrogen-bond donors (Lipinski definition) is 0. The highest BCUT2D eigenvalue weighted by Crippen LogP contribution is 2.67. The molecule has 0 heterocycles. The highest BCUT2D eigenvalue weighted by atomic mass is 16.5. The first-order chi connectivity index (χ1) is 20.1. The number of hydrogen-bond acceptors (Lipinski definition) is 4. The highest BCUT2D eigenvalue weighted by molar-refractivity contribution is 5.87. The number of benzene rings is 1. The molecule has 5 rings (SSSR count). The van der Waals surface area contributed by atoms with Crippen molar-refractivity contribution in [3.63, 3.8) is 0 Å². The monoisotopic (exact) mass is 576 g/mol. The van der Waals surface area contributed by atoms with Crippen LogP contribution >= 0.6 is 0 Å². The summed E-state index contributed by atoms with van der Waals surface area (Å²) < 4.78 is 16.7. The van der Waals surface area contributed by atoms with Crippen LogP contribution in [-0.2, 0) is 9.53 Å². The summed E-state index contributed by atoms with van der Waals surface area (Å²) in [6, 6.07) is 5.63. The summed E-state index contributed by atoms with van der Waals surface area (Å²) in [6.45, 7) is 12.5. The van der Waals surface area contributed by atoms with Gasteiger partial charge in [-0.05, 0) is 115 Å². The molecule has 0 bridgehead atoms. The Morgan fingerprint density at radius 2 is 1.76 bits per heavy atom. The summed E-state index contributed by atoms with van der Waals surface area (Å²) in [6.07, 6.45) is 19.9. The molecule has 4 aliphatic carbocycles. The van der Waals surface area contributed by atoms with E-state index < -0.39 is 0 Å². The van der Waals surface area contributed by atoms with Gasteiger partial charge in [0, 0.05) is 12.5 Å². The standard InChI is InChI=1S/C38H56O4/c1-25(2)9-8-10-26(3)31-15-16-32-30-14-13-28-24-29(19-21-37(28,4)33(30)20-22-38(31,32)5)42-36(39)18-12-27-11-17-34(40-6)35(23-27)41-7/h11-13,17-18,23,25-26,29-33H,8-10,14-16,19-22,24H2,1-7H3/t26-,29+,30-,31+,32-,33-,37+,38-/m1/s1. The molecule has 0 spiro atoms. The first-order valence-electron chi connectivity index (χ1n) is 16.9. The molecule has 0 saturated heterocycles. The van der Waals surface area contributed by atoms with Crippen LogP contribution in [-0.4, -0.2) is 26.3 Å². The molecule has 1 aromatic carbocycles. The van der Waals surface area contributed by atoms with Crippen LogP contribution in [0.1, 0.15) is 111 Å². The summed E-state index contributed by atoms with van der Waals surface area (Å²) in [4.78, 5) is 12.8. The van der Waals surface area contributed by atoms with E-state index in [0.717, 1.165) is 60.3 Å². The summed E-state index contributed by atoms with van der Waals surface area (Å²) in [7, 11) is 3.24. The molecule has 0 radical (unpaired) electrons. The lowest BCUT2D eigenvalue weighted by molar-refractivity contribution is -0.145. The number of fused-ring (bicyclic) bond motifs is 5. The normalized spacial score (nSPS) is 34.8. The second-order valence-corrected chi connectivity index (χ2v) is 15.0. The van der Waals surface area contributed by atoms with Gasteiger partial charge in [0.25, 0.3) is 0 Å². The number of ether oxygens (including phenoxy) is 3. The van der Waals surface area contributed by atoms with Gasteiger partial charge in [0.2, 0.25) is 0 Å². The van der Waals surface area contributed by atoms with Gasteiger partial charge in [-0.3, -0.25) is 0 Å². The van der Waals surface area contributed by atoms with E-state index >= 15 is 0 Å². The Bertz CT molecular complexity index is 1170. The maximum Gasteiger partial charge on any atom is 0.331 e.